The molecule has 0 amide bonds. The lowest BCUT2D eigenvalue weighted by atomic mass is 9.79. The van der Waals surface area contributed by atoms with Crippen molar-refractivity contribution < 1.29 is 14.1 Å². The van der Waals surface area contributed by atoms with Crippen molar-refractivity contribution >= 4 is 41.0 Å². The van der Waals surface area contributed by atoms with E-state index in [1.165, 1.54) is 0 Å². The number of hydrogen-bond acceptors (Lipinski definition) is 3. The monoisotopic (exact) mass is 300 g/mol. The predicted molar refractivity (Wildman–Crippen MR) is 77.4 cm³/mol. The molecule has 1 heterocycles. The lowest BCUT2D eigenvalue weighted by Gasteiger charge is -2.32. The summed E-state index contributed by atoms with van der Waals surface area (Å²) in [4.78, 5) is 11.1. The molecule has 0 saturated carbocycles. The van der Waals surface area contributed by atoms with Crippen LogP contribution in [0.4, 0.5) is 0 Å². The van der Waals surface area contributed by atoms with Gasteiger partial charge in [-0.05, 0) is 56.9 Å². The zero-order valence-corrected chi connectivity index (χ0v) is 12.8. The van der Waals surface area contributed by atoms with E-state index in [4.69, 9.17) is 32.5 Å². The van der Waals surface area contributed by atoms with Crippen LogP contribution < -0.4 is 5.46 Å². The minimum absolute atomic E-state index is 0.281. The number of halogens is 2. The van der Waals surface area contributed by atoms with Crippen LogP contribution >= 0.6 is 23.2 Å². The first kappa shape index (κ1) is 14.9. The maximum absolute atomic E-state index is 11.1. The fraction of sp³-hybridized carbons (Fsp3) is 0.462. The van der Waals surface area contributed by atoms with E-state index in [-0.39, 0.29) is 5.56 Å². The molecule has 19 heavy (non-hydrogen) atoms. The van der Waals surface area contributed by atoms with Crippen LogP contribution in [0.25, 0.3) is 0 Å². The molecule has 0 unspecified atom stereocenters. The van der Waals surface area contributed by atoms with Gasteiger partial charge in [-0.1, -0.05) is 17.7 Å². The van der Waals surface area contributed by atoms with Crippen LogP contribution in [0.15, 0.2) is 18.2 Å². The van der Waals surface area contributed by atoms with E-state index in [2.05, 4.69) is 0 Å². The molecule has 0 N–H and O–H groups in total. The highest BCUT2D eigenvalue weighted by atomic mass is 35.5. The van der Waals surface area contributed by atoms with E-state index in [0.29, 0.717) is 5.02 Å². The van der Waals surface area contributed by atoms with Crippen molar-refractivity contribution in [2.45, 2.75) is 38.9 Å². The second-order valence-corrected chi connectivity index (χ2v) is 6.35. The van der Waals surface area contributed by atoms with Crippen LogP contribution in [0.2, 0.25) is 5.02 Å². The van der Waals surface area contributed by atoms with Crippen LogP contribution in [0, 0.1) is 0 Å². The SMILES string of the molecule is CC1(C)OB(c2ccc(C(=O)Cl)c(Cl)c2)OC1(C)C. The van der Waals surface area contributed by atoms with Gasteiger partial charge in [0, 0.05) is 0 Å². The summed E-state index contributed by atoms with van der Waals surface area (Å²) in [6.45, 7) is 7.91. The van der Waals surface area contributed by atoms with Gasteiger partial charge in [0.05, 0.1) is 21.8 Å². The first-order valence-electron chi connectivity index (χ1n) is 5.99. The van der Waals surface area contributed by atoms with Crippen LogP contribution in [0.5, 0.6) is 0 Å². The fourth-order valence-electron chi connectivity index (χ4n) is 1.82. The van der Waals surface area contributed by atoms with Gasteiger partial charge in [0.25, 0.3) is 5.24 Å². The Morgan fingerprint density at radius 1 is 1.16 bits per heavy atom. The lowest BCUT2D eigenvalue weighted by Crippen LogP contribution is -2.41. The standard InChI is InChI=1S/C13H15BCl2O3/c1-12(2)13(3,4)19-14(18-12)8-5-6-9(11(16)17)10(15)7-8/h5-7H,1-4H3. The summed E-state index contributed by atoms with van der Waals surface area (Å²) < 4.78 is 11.8. The topological polar surface area (TPSA) is 35.5 Å². The molecule has 1 aromatic carbocycles. The summed E-state index contributed by atoms with van der Waals surface area (Å²) in [6, 6.07) is 4.97. The first-order valence-corrected chi connectivity index (χ1v) is 6.74. The highest BCUT2D eigenvalue weighted by Crippen LogP contribution is 2.36. The van der Waals surface area contributed by atoms with Crippen molar-refractivity contribution in [2.24, 2.45) is 0 Å². The molecular formula is C13H15BCl2O3. The average molecular weight is 301 g/mol. The molecule has 2 rings (SSSR count). The summed E-state index contributed by atoms with van der Waals surface area (Å²) in [5.74, 6) is 0. The zero-order valence-electron chi connectivity index (χ0n) is 11.3. The third-order valence-corrected chi connectivity index (χ3v) is 4.25. The van der Waals surface area contributed by atoms with Gasteiger partial charge in [-0.25, -0.2) is 0 Å². The number of benzene rings is 1. The lowest BCUT2D eigenvalue weighted by molar-refractivity contribution is 0.00578. The summed E-state index contributed by atoms with van der Waals surface area (Å²) in [7, 11) is -0.498. The molecule has 0 spiro atoms. The first-order chi connectivity index (χ1) is 8.64. The van der Waals surface area contributed by atoms with Gasteiger partial charge < -0.3 is 9.31 Å². The van der Waals surface area contributed by atoms with E-state index < -0.39 is 23.6 Å². The molecule has 1 aromatic rings. The smallest absolute Gasteiger partial charge is 0.399 e. The van der Waals surface area contributed by atoms with Crippen LogP contribution in [0.1, 0.15) is 38.1 Å². The quantitative estimate of drug-likeness (QED) is 0.622. The number of rotatable bonds is 2. The van der Waals surface area contributed by atoms with Gasteiger partial charge in [-0.15, -0.1) is 0 Å². The predicted octanol–water partition coefficient (Wildman–Crippen LogP) is 3.02. The van der Waals surface area contributed by atoms with Crippen molar-refractivity contribution in [3.05, 3.63) is 28.8 Å². The Kier molecular flexibility index (Phi) is 3.73. The highest BCUT2D eigenvalue weighted by Gasteiger charge is 2.51. The maximum Gasteiger partial charge on any atom is 0.494 e. The summed E-state index contributed by atoms with van der Waals surface area (Å²) in [5, 5.41) is -0.280. The Bertz CT molecular complexity index is 513. The molecule has 0 aromatic heterocycles. The number of carbonyl (C=O) groups excluding carboxylic acids is 1. The van der Waals surface area contributed by atoms with Crippen molar-refractivity contribution in [3.63, 3.8) is 0 Å². The Morgan fingerprint density at radius 3 is 2.11 bits per heavy atom. The van der Waals surface area contributed by atoms with Crippen molar-refractivity contribution in [2.75, 3.05) is 0 Å². The molecule has 0 atom stereocenters. The van der Waals surface area contributed by atoms with Gasteiger partial charge in [0.15, 0.2) is 0 Å². The third kappa shape index (κ3) is 2.68. The van der Waals surface area contributed by atoms with Gasteiger partial charge in [-0.2, -0.15) is 0 Å². The molecule has 0 radical (unpaired) electrons. The van der Waals surface area contributed by atoms with Crippen molar-refractivity contribution in [3.8, 4) is 0 Å². The molecule has 1 aliphatic heterocycles. The Labute approximate surface area is 123 Å². The Balaban J connectivity index is 2.31. The van der Waals surface area contributed by atoms with Gasteiger partial charge in [0.1, 0.15) is 0 Å². The molecule has 102 valence electrons. The van der Waals surface area contributed by atoms with Crippen molar-refractivity contribution in [1.29, 1.82) is 0 Å². The normalized spacial score (nSPS) is 20.6. The fourth-order valence-corrected chi connectivity index (χ4v) is 2.30. The minimum Gasteiger partial charge on any atom is -0.399 e. The maximum atomic E-state index is 11.1. The average Bonchev–Trinajstić information content (AvgIpc) is 2.47. The second-order valence-electron chi connectivity index (χ2n) is 5.60. The summed E-state index contributed by atoms with van der Waals surface area (Å²) in [6.07, 6.45) is 0. The number of hydrogen-bond donors (Lipinski definition) is 0. The second kappa shape index (κ2) is 4.78. The molecule has 3 nitrogen and oxygen atoms in total. The van der Waals surface area contributed by atoms with E-state index in [1.807, 2.05) is 27.7 Å². The summed E-state index contributed by atoms with van der Waals surface area (Å²) in [5.41, 5.74) is 0.227. The summed E-state index contributed by atoms with van der Waals surface area (Å²) >= 11 is 11.5. The molecule has 6 heteroatoms. The number of carbonyl (C=O) groups is 1. The van der Waals surface area contributed by atoms with Crippen LogP contribution in [-0.4, -0.2) is 23.6 Å². The molecule has 1 saturated heterocycles. The molecular weight excluding hydrogens is 286 g/mol. The molecule has 0 bridgehead atoms. The van der Waals surface area contributed by atoms with E-state index in [1.54, 1.807) is 18.2 Å². The van der Waals surface area contributed by atoms with Crippen LogP contribution in [0.3, 0.4) is 0 Å². The van der Waals surface area contributed by atoms with Gasteiger partial charge in [-0.3, -0.25) is 4.79 Å². The largest absolute Gasteiger partial charge is 0.494 e. The van der Waals surface area contributed by atoms with Gasteiger partial charge >= 0.3 is 7.12 Å². The third-order valence-electron chi connectivity index (χ3n) is 3.73. The van der Waals surface area contributed by atoms with E-state index >= 15 is 0 Å². The van der Waals surface area contributed by atoms with E-state index in [9.17, 15) is 4.79 Å². The molecule has 1 fully saturated rings. The van der Waals surface area contributed by atoms with E-state index in [0.717, 1.165) is 5.46 Å². The molecule has 1 aliphatic rings. The van der Waals surface area contributed by atoms with Crippen molar-refractivity contribution in [1.82, 2.24) is 0 Å². The zero-order chi connectivity index (χ0) is 14.4. The highest BCUT2D eigenvalue weighted by molar-refractivity contribution is 6.69. The Morgan fingerprint density at radius 2 is 1.68 bits per heavy atom. The molecule has 0 aliphatic carbocycles. The van der Waals surface area contributed by atoms with Crippen LogP contribution in [-0.2, 0) is 9.31 Å². The minimum atomic E-state index is -0.578. The van der Waals surface area contributed by atoms with Gasteiger partial charge in [0.2, 0.25) is 0 Å². The Hall–Kier alpha value is -0.545.